The van der Waals surface area contributed by atoms with Crippen LogP contribution in [-0.4, -0.2) is 36.2 Å². The molecule has 41 heavy (non-hydrogen) atoms. The maximum absolute atomic E-state index is 13.8. The largest absolute Gasteiger partial charge is 0.507 e. The lowest BCUT2D eigenvalue weighted by molar-refractivity contribution is -0.839. The zero-order chi connectivity index (χ0) is 29.3. The fraction of sp³-hybridized carbons (Fsp3) is 0.375. The van der Waals surface area contributed by atoms with Gasteiger partial charge in [0.15, 0.2) is 12.4 Å². The summed E-state index contributed by atoms with van der Waals surface area (Å²) in [6.07, 6.45) is 7.43. The summed E-state index contributed by atoms with van der Waals surface area (Å²) in [5.74, 6) is -1.34. The fourth-order valence-corrected chi connectivity index (χ4v) is 6.02. The SMILES string of the molecule is CN[C@H]1CCCC[C@@H]1NC(O)(OC(=O)c1ccccc1OC(C)=O)[n+]1cccc2c(C)c(C)c3ccc[n+](C)c3c21. The highest BCUT2D eigenvalue weighted by molar-refractivity contribution is 6.03. The normalized spacial score (nSPS) is 18.7. The molecule has 1 fully saturated rings. The van der Waals surface area contributed by atoms with Crippen LogP contribution in [0.25, 0.3) is 21.8 Å². The van der Waals surface area contributed by atoms with Gasteiger partial charge < -0.3 is 14.8 Å². The lowest BCUT2D eigenvalue weighted by Gasteiger charge is -2.35. The summed E-state index contributed by atoms with van der Waals surface area (Å²) in [5.41, 5.74) is 3.82. The Kier molecular flexibility index (Phi) is 8.04. The minimum absolute atomic E-state index is 0.0278. The van der Waals surface area contributed by atoms with Gasteiger partial charge in [-0.25, -0.2) is 4.79 Å². The number of para-hydroxylation sites is 1. The number of hydrogen-bond acceptors (Lipinski definition) is 7. The lowest BCUT2D eigenvalue weighted by atomic mass is 9.90. The smallest absolute Gasteiger partial charge is 0.426 e. The zero-order valence-electron chi connectivity index (χ0n) is 24.2. The van der Waals surface area contributed by atoms with Crippen LogP contribution in [0.3, 0.4) is 0 Å². The summed E-state index contributed by atoms with van der Waals surface area (Å²) in [6.45, 7) is 5.41. The van der Waals surface area contributed by atoms with Crippen molar-refractivity contribution in [1.29, 1.82) is 0 Å². The van der Waals surface area contributed by atoms with Crippen molar-refractivity contribution in [2.24, 2.45) is 7.05 Å². The van der Waals surface area contributed by atoms with Gasteiger partial charge in [-0.05, 0) is 69.1 Å². The zero-order valence-corrected chi connectivity index (χ0v) is 24.2. The predicted molar refractivity (Wildman–Crippen MR) is 154 cm³/mol. The summed E-state index contributed by atoms with van der Waals surface area (Å²) in [7, 11) is 3.86. The molecule has 0 aliphatic heterocycles. The summed E-state index contributed by atoms with van der Waals surface area (Å²) in [4.78, 5) is 25.5. The van der Waals surface area contributed by atoms with Gasteiger partial charge in [-0.15, -0.1) is 4.57 Å². The number of rotatable bonds is 7. The van der Waals surface area contributed by atoms with Crippen LogP contribution in [0.5, 0.6) is 5.75 Å². The Morgan fingerprint density at radius 1 is 0.927 bits per heavy atom. The standard InChI is InChI=1S/C32H38N4O5/c1-20-21(2)24-14-11-19-36(30(24)29-23(20)13-10-18-35(29)5)32(39,34-27-16-8-7-15-26(27)33-4)41-31(38)25-12-6-9-17-28(25)40-22(3)37/h6,9-14,17-19,26-27,33-34,39H,7-8,15-16H2,1-5H3/q+2/t26-,27-,32?/m0/s1. The number of likely N-dealkylation sites (N-methyl/N-ethyl adjacent to an activating group) is 1. The highest BCUT2D eigenvalue weighted by Gasteiger charge is 2.49. The number of benzene rings is 2. The summed E-state index contributed by atoms with van der Waals surface area (Å²) in [6, 6.07) is 11.8. The van der Waals surface area contributed by atoms with Gasteiger partial charge in [0.1, 0.15) is 18.4 Å². The van der Waals surface area contributed by atoms with E-state index in [1.807, 2.05) is 43.1 Å². The van der Waals surface area contributed by atoms with Crippen LogP contribution in [0.15, 0.2) is 60.9 Å². The third-order valence-electron chi connectivity index (χ3n) is 8.20. The first-order valence-electron chi connectivity index (χ1n) is 14.0. The molecule has 0 amide bonds. The van der Waals surface area contributed by atoms with E-state index in [-0.39, 0.29) is 23.4 Å². The maximum atomic E-state index is 13.8. The number of aryl methyl sites for hydroxylation is 3. The monoisotopic (exact) mass is 558 g/mol. The number of carbonyl (C=O) groups excluding carboxylic acids is 2. The quantitative estimate of drug-likeness (QED) is 0.105. The van der Waals surface area contributed by atoms with Crippen LogP contribution >= 0.6 is 0 Å². The third-order valence-corrected chi connectivity index (χ3v) is 8.20. The van der Waals surface area contributed by atoms with Crippen molar-refractivity contribution in [3.63, 3.8) is 0 Å². The molecule has 3 atom stereocenters. The second-order valence-electron chi connectivity index (χ2n) is 10.8. The van der Waals surface area contributed by atoms with E-state index in [9.17, 15) is 14.7 Å². The second kappa shape index (κ2) is 11.5. The predicted octanol–water partition coefficient (Wildman–Crippen LogP) is 3.18. The van der Waals surface area contributed by atoms with Crippen molar-refractivity contribution < 1.29 is 33.3 Å². The molecule has 0 saturated heterocycles. The topological polar surface area (TPSA) is 105 Å². The molecule has 1 aliphatic carbocycles. The Labute approximate surface area is 239 Å². The minimum Gasteiger partial charge on any atom is -0.426 e. The van der Waals surface area contributed by atoms with E-state index in [1.165, 1.54) is 19.1 Å². The molecule has 5 rings (SSSR count). The number of hydrogen-bond donors (Lipinski definition) is 3. The Bertz CT molecular complexity index is 1640. The van der Waals surface area contributed by atoms with Gasteiger partial charge in [0.2, 0.25) is 0 Å². The highest BCUT2D eigenvalue weighted by Crippen LogP contribution is 2.30. The van der Waals surface area contributed by atoms with Crippen LogP contribution in [0.2, 0.25) is 0 Å². The molecule has 0 bridgehead atoms. The van der Waals surface area contributed by atoms with Gasteiger partial charge in [-0.2, -0.15) is 9.88 Å². The Morgan fingerprint density at radius 2 is 1.56 bits per heavy atom. The van der Waals surface area contributed by atoms with E-state index in [0.29, 0.717) is 5.52 Å². The van der Waals surface area contributed by atoms with Crippen molar-refractivity contribution in [2.75, 3.05) is 7.05 Å². The molecule has 3 N–H and O–H groups in total. The van der Waals surface area contributed by atoms with E-state index in [4.69, 9.17) is 9.47 Å². The number of nitrogens with one attached hydrogen (secondary N) is 2. The van der Waals surface area contributed by atoms with Crippen molar-refractivity contribution in [3.05, 3.63) is 77.6 Å². The van der Waals surface area contributed by atoms with Gasteiger partial charge in [0.25, 0.3) is 11.0 Å². The van der Waals surface area contributed by atoms with Gasteiger partial charge in [0.05, 0.1) is 10.8 Å². The summed E-state index contributed by atoms with van der Waals surface area (Å²) < 4.78 is 14.9. The molecular formula is C32H38N4O5+2. The van der Waals surface area contributed by atoms with Crippen molar-refractivity contribution in [3.8, 4) is 5.75 Å². The molecular weight excluding hydrogens is 520 g/mol. The van der Waals surface area contributed by atoms with E-state index < -0.39 is 18.0 Å². The van der Waals surface area contributed by atoms with Gasteiger partial charge in [-0.3, -0.25) is 9.90 Å². The first-order chi connectivity index (χ1) is 19.6. The molecule has 2 aromatic heterocycles. The molecule has 9 heteroatoms. The fourth-order valence-electron chi connectivity index (χ4n) is 6.02. The molecule has 4 aromatic rings. The summed E-state index contributed by atoms with van der Waals surface area (Å²) in [5, 5.41) is 21.1. The molecule has 0 spiro atoms. The average molecular weight is 559 g/mol. The number of esters is 2. The molecule has 9 nitrogen and oxygen atoms in total. The Hall–Kier alpha value is -3.92. The van der Waals surface area contributed by atoms with Crippen LogP contribution in [-0.2, 0) is 22.6 Å². The second-order valence-corrected chi connectivity index (χ2v) is 10.8. The van der Waals surface area contributed by atoms with Gasteiger partial charge in [0, 0.05) is 31.1 Å². The van der Waals surface area contributed by atoms with Crippen LogP contribution in [0.1, 0.15) is 54.1 Å². The molecule has 1 unspecified atom stereocenters. The van der Waals surface area contributed by atoms with Crippen molar-refractivity contribution in [1.82, 2.24) is 10.6 Å². The third kappa shape index (κ3) is 5.40. The Balaban J connectivity index is 1.73. The number of fused-ring (bicyclic) bond motifs is 3. The first-order valence-corrected chi connectivity index (χ1v) is 14.0. The summed E-state index contributed by atoms with van der Waals surface area (Å²) >= 11 is 0. The van der Waals surface area contributed by atoms with Crippen LogP contribution in [0.4, 0.5) is 0 Å². The molecule has 214 valence electrons. The number of ether oxygens (including phenoxy) is 2. The van der Waals surface area contributed by atoms with E-state index >= 15 is 0 Å². The van der Waals surface area contributed by atoms with Crippen molar-refractivity contribution in [2.45, 2.75) is 64.6 Å². The maximum Gasteiger partial charge on any atom is 0.507 e. The minimum atomic E-state index is -2.28. The van der Waals surface area contributed by atoms with Crippen LogP contribution in [0, 0.1) is 13.8 Å². The van der Waals surface area contributed by atoms with E-state index in [2.05, 4.69) is 30.5 Å². The Morgan fingerprint density at radius 3 is 2.24 bits per heavy atom. The van der Waals surface area contributed by atoms with Gasteiger partial charge >= 0.3 is 18.0 Å². The van der Waals surface area contributed by atoms with E-state index in [1.54, 1.807) is 22.9 Å². The number of pyridine rings is 2. The number of carbonyl (C=O) groups is 2. The van der Waals surface area contributed by atoms with Crippen LogP contribution < -0.4 is 24.5 Å². The number of aromatic nitrogens is 2. The van der Waals surface area contributed by atoms with E-state index in [0.717, 1.165) is 53.1 Å². The van der Waals surface area contributed by atoms with Gasteiger partial charge in [-0.1, -0.05) is 25.0 Å². The average Bonchev–Trinajstić information content (AvgIpc) is 2.95. The number of aliphatic hydroxyl groups is 1. The lowest BCUT2D eigenvalue weighted by Crippen LogP contribution is -2.71. The highest BCUT2D eigenvalue weighted by atomic mass is 16.7. The first kappa shape index (κ1) is 28.6. The molecule has 1 saturated carbocycles. The molecule has 2 heterocycles. The number of nitrogens with zero attached hydrogens (tertiary/aromatic N) is 2. The molecule has 0 radical (unpaired) electrons. The molecule has 2 aromatic carbocycles. The molecule has 1 aliphatic rings. The van der Waals surface area contributed by atoms with Crippen molar-refractivity contribution >= 4 is 33.7 Å².